The number of rotatable bonds is 6. The van der Waals surface area contributed by atoms with Crippen molar-refractivity contribution < 1.29 is 14.7 Å². The summed E-state index contributed by atoms with van der Waals surface area (Å²) in [6.07, 6.45) is 1.61. The highest BCUT2D eigenvalue weighted by molar-refractivity contribution is 5.98. The van der Waals surface area contributed by atoms with Gasteiger partial charge in [-0.15, -0.1) is 0 Å². The lowest BCUT2D eigenvalue weighted by molar-refractivity contribution is -0.141. The lowest BCUT2D eigenvalue weighted by Gasteiger charge is -2.08. The van der Waals surface area contributed by atoms with E-state index in [0.717, 1.165) is 24.0 Å². The van der Waals surface area contributed by atoms with E-state index in [0.29, 0.717) is 0 Å². The number of Topliss-reactive ketones (excluding diaryl/α,β-unsaturated/α-hetero) is 1. The minimum absolute atomic E-state index is 0.104. The van der Waals surface area contributed by atoms with Crippen molar-refractivity contribution >= 4 is 11.8 Å². The largest absolute Gasteiger partial charge is 0.481 e. The fourth-order valence-electron chi connectivity index (χ4n) is 2.10. The van der Waals surface area contributed by atoms with E-state index in [2.05, 4.69) is 12.1 Å². The molecule has 2 aromatic rings. The van der Waals surface area contributed by atoms with Gasteiger partial charge in [-0.1, -0.05) is 82.3 Å². The molecule has 0 spiro atoms. The fraction of sp³-hybridized carbons (Fsp3) is 0.364. The molecule has 0 radical (unpaired) electrons. The topological polar surface area (TPSA) is 54.4 Å². The molecule has 0 saturated carbocycles. The molecule has 134 valence electrons. The van der Waals surface area contributed by atoms with Crippen LogP contribution in [0.25, 0.3) is 11.1 Å². The number of aliphatic carboxylic acids is 1. The van der Waals surface area contributed by atoms with Crippen molar-refractivity contribution in [2.45, 2.75) is 40.5 Å². The van der Waals surface area contributed by atoms with Crippen LogP contribution >= 0.6 is 0 Å². The Hall–Kier alpha value is -2.42. The number of carbonyl (C=O) groups is 2. The number of carboxylic acids is 1. The maximum absolute atomic E-state index is 12.0. The van der Waals surface area contributed by atoms with Crippen LogP contribution in [-0.2, 0) is 4.79 Å². The van der Waals surface area contributed by atoms with Crippen molar-refractivity contribution in [1.82, 2.24) is 0 Å². The van der Waals surface area contributed by atoms with Crippen LogP contribution in [0.2, 0.25) is 0 Å². The standard InChI is InChI=1S/C17H18O.C5H10O2/c1-3-13(2)17(18)16-11-9-15(10-12-16)14-7-5-4-6-8-14;1-3-4(2)5(6)7/h4-13H,3H2,1-2H3;4H,3H2,1-2H3,(H,6,7). The van der Waals surface area contributed by atoms with Crippen molar-refractivity contribution in [3.8, 4) is 11.1 Å². The summed E-state index contributed by atoms with van der Waals surface area (Å²) >= 11 is 0. The molecule has 2 unspecified atom stereocenters. The number of carbonyl (C=O) groups excluding carboxylic acids is 1. The van der Waals surface area contributed by atoms with Crippen molar-refractivity contribution in [2.75, 3.05) is 0 Å². The van der Waals surface area contributed by atoms with E-state index in [-0.39, 0.29) is 17.6 Å². The van der Waals surface area contributed by atoms with Gasteiger partial charge in [0.15, 0.2) is 5.78 Å². The molecule has 0 aliphatic rings. The van der Waals surface area contributed by atoms with E-state index in [1.165, 1.54) is 5.56 Å². The van der Waals surface area contributed by atoms with Gasteiger partial charge in [-0.3, -0.25) is 9.59 Å². The summed E-state index contributed by atoms with van der Waals surface area (Å²) in [6.45, 7) is 7.58. The van der Waals surface area contributed by atoms with Crippen LogP contribution in [-0.4, -0.2) is 16.9 Å². The van der Waals surface area contributed by atoms with Gasteiger partial charge in [0, 0.05) is 11.5 Å². The Labute approximate surface area is 150 Å². The zero-order valence-electron chi connectivity index (χ0n) is 15.5. The molecule has 0 aromatic heterocycles. The molecule has 3 nitrogen and oxygen atoms in total. The maximum Gasteiger partial charge on any atom is 0.306 e. The van der Waals surface area contributed by atoms with Crippen molar-refractivity contribution in [2.24, 2.45) is 11.8 Å². The van der Waals surface area contributed by atoms with E-state index in [1.807, 2.05) is 63.2 Å². The first-order chi connectivity index (χ1) is 11.9. The zero-order valence-corrected chi connectivity index (χ0v) is 15.5. The Morgan fingerprint density at radius 2 is 1.28 bits per heavy atom. The number of benzene rings is 2. The Kier molecular flexibility index (Phi) is 8.62. The quantitative estimate of drug-likeness (QED) is 0.686. The van der Waals surface area contributed by atoms with Gasteiger partial charge in [0.25, 0.3) is 0 Å². The van der Waals surface area contributed by atoms with Gasteiger partial charge in [0.1, 0.15) is 0 Å². The Balaban J connectivity index is 0.000000381. The number of carboxylic acid groups (broad SMARTS) is 1. The molecule has 2 aromatic carbocycles. The third-order valence-corrected chi connectivity index (χ3v) is 4.37. The highest BCUT2D eigenvalue weighted by Crippen LogP contribution is 2.20. The number of ketones is 1. The van der Waals surface area contributed by atoms with E-state index in [4.69, 9.17) is 5.11 Å². The summed E-state index contributed by atoms with van der Waals surface area (Å²) in [5.74, 6) is -0.549. The molecule has 0 aliphatic carbocycles. The average molecular weight is 340 g/mol. The molecule has 0 amide bonds. The van der Waals surface area contributed by atoms with Crippen LogP contribution in [0.5, 0.6) is 0 Å². The Morgan fingerprint density at radius 3 is 1.68 bits per heavy atom. The van der Waals surface area contributed by atoms with E-state index in [9.17, 15) is 9.59 Å². The maximum atomic E-state index is 12.0. The predicted octanol–water partition coefficient (Wildman–Crippen LogP) is 5.70. The smallest absolute Gasteiger partial charge is 0.306 e. The summed E-state index contributed by atoms with van der Waals surface area (Å²) in [5.41, 5.74) is 3.14. The van der Waals surface area contributed by atoms with Crippen molar-refractivity contribution in [3.05, 3.63) is 60.2 Å². The van der Waals surface area contributed by atoms with Gasteiger partial charge in [-0.25, -0.2) is 0 Å². The lowest BCUT2D eigenvalue weighted by atomic mass is 9.95. The molecule has 2 atom stereocenters. The second kappa shape index (κ2) is 10.4. The van der Waals surface area contributed by atoms with Crippen molar-refractivity contribution in [3.63, 3.8) is 0 Å². The second-order valence-corrected chi connectivity index (χ2v) is 6.26. The lowest BCUT2D eigenvalue weighted by Crippen LogP contribution is -2.09. The highest BCUT2D eigenvalue weighted by atomic mass is 16.4. The van der Waals surface area contributed by atoms with Gasteiger partial charge < -0.3 is 5.11 Å². The molecule has 2 rings (SSSR count). The van der Waals surface area contributed by atoms with Crippen LogP contribution in [0, 0.1) is 11.8 Å². The Morgan fingerprint density at radius 1 is 0.800 bits per heavy atom. The van der Waals surface area contributed by atoms with Crippen LogP contribution in [0.15, 0.2) is 54.6 Å². The normalized spacial score (nSPS) is 12.5. The van der Waals surface area contributed by atoms with Gasteiger partial charge in [-0.2, -0.15) is 0 Å². The van der Waals surface area contributed by atoms with E-state index < -0.39 is 5.97 Å². The van der Waals surface area contributed by atoms with Gasteiger partial charge in [0.05, 0.1) is 5.92 Å². The van der Waals surface area contributed by atoms with E-state index in [1.54, 1.807) is 6.92 Å². The van der Waals surface area contributed by atoms with Crippen LogP contribution < -0.4 is 0 Å². The molecule has 1 N–H and O–H groups in total. The molecule has 0 aliphatic heterocycles. The van der Waals surface area contributed by atoms with Crippen molar-refractivity contribution in [1.29, 1.82) is 0 Å². The first-order valence-corrected chi connectivity index (χ1v) is 8.83. The van der Waals surface area contributed by atoms with Crippen LogP contribution in [0.3, 0.4) is 0 Å². The molecule has 0 fully saturated rings. The first-order valence-electron chi connectivity index (χ1n) is 8.83. The molecular weight excluding hydrogens is 312 g/mol. The van der Waals surface area contributed by atoms with E-state index >= 15 is 0 Å². The molecule has 3 heteroatoms. The second-order valence-electron chi connectivity index (χ2n) is 6.26. The summed E-state index contributed by atoms with van der Waals surface area (Å²) in [7, 11) is 0. The molecule has 25 heavy (non-hydrogen) atoms. The third-order valence-electron chi connectivity index (χ3n) is 4.37. The summed E-state index contributed by atoms with van der Waals surface area (Å²) < 4.78 is 0. The summed E-state index contributed by atoms with van der Waals surface area (Å²) in [5, 5.41) is 8.18. The predicted molar refractivity (Wildman–Crippen MR) is 103 cm³/mol. The number of hydrogen-bond donors (Lipinski definition) is 1. The molecule has 0 bridgehead atoms. The minimum Gasteiger partial charge on any atom is -0.481 e. The number of hydrogen-bond acceptors (Lipinski definition) is 2. The monoisotopic (exact) mass is 340 g/mol. The average Bonchev–Trinajstić information content (AvgIpc) is 2.67. The van der Waals surface area contributed by atoms with Gasteiger partial charge in [0.2, 0.25) is 0 Å². The van der Waals surface area contributed by atoms with Crippen LogP contribution in [0.1, 0.15) is 50.9 Å². The molecule has 0 heterocycles. The summed E-state index contributed by atoms with van der Waals surface area (Å²) in [4.78, 5) is 22.0. The molecular formula is C22H28O3. The third kappa shape index (κ3) is 6.54. The highest BCUT2D eigenvalue weighted by Gasteiger charge is 2.12. The zero-order chi connectivity index (χ0) is 18.8. The first kappa shape index (κ1) is 20.6. The SMILES string of the molecule is CCC(C)C(=O)O.CCC(C)C(=O)c1ccc(-c2ccccc2)cc1. The fourth-order valence-corrected chi connectivity index (χ4v) is 2.10. The van der Waals surface area contributed by atoms with Crippen LogP contribution in [0.4, 0.5) is 0 Å². The van der Waals surface area contributed by atoms with Gasteiger partial charge in [-0.05, 0) is 24.0 Å². The summed E-state index contributed by atoms with van der Waals surface area (Å²) in [6, 6.07) is 18.1. The minimum atomic E-state index is -0.706. The molecule has 0 saturated heterocycles. The van der Waals surface area contributed by atoms with Gasteiger partial charge >= 0.3 is 5.97 Å². The Bertz CT molecular complexity index is 659.